The van der Waals surface area contributed by atoms with E-state index in [2.05, 4.69) is 0 Å². The number of nitrogens with zero attached hydrogens (tertiary/aromatic N) is 1. The summed E-state index contributed by atoms with van der Waals surface area (Å²) in [6.07, 6.45) is 4.90. The lowest BCUT2D eigenvalue weighted by Crippen LogP contribution is -2.32. The van der Waals surface area contributed by atoms with Gasteiger partial charge in [-0.1, -0.05) is 18.2 Å². The molecule has 4 atom stereocenters. The first-order chi connectivity index (χ1) is 9.59. The van der Waals surface area contributed by atoms with Crippen molar-refractivity contribution in [1.29, 1.82) is 0 Å². The molecule has 1 aromatic rings. The van der Waals surface area contributed by atoms with Crippen LogP contribution < -0.4 is 4.90 Å². The fraction of sp³-hybridized carbons (Fsp3) is 0.333. The number of allylic oxidation sites excluding steroid dienone is 2. The summed E-state index contributed by atoms with van der Waals surface area (Å²) in [7, 11) is 0. The molecular weight excluding hydrogens is 258 g/mol. The number of phenolic OH excluding ortho intramolecular Hbond substituents is 2. The van der Waals surface area contributed by atoms with E-state index in [0.29, 0.717) is 0 Å². The van der Waals surface area contributed by atoms with Gasteiger partial charge in [0, 0.05) is 0 Å². The van der Waals surface area contributed by atoms with Crippen LogP contribution in [0, 0.1) is 23.7 Å². The van der Waals surface area contributed by atoms with Gasteiger partial charge in [-0.25, -0.2) is 4.90 Å². The predicted molar refractivity (Wildman–Crippen MR) is 70.0 cm³/mol. The zero-order valence-corrected chi connectivity index (χ0v) is 10.6. The maximum absolute atomic E-state index is 12.5. The van der Waals surface area contributed by atoms with Gasteiger partial charge in [-0.2, -0.15) is 0 Å². The van der Waals surface area contributed by atoms with Gasteiger partial charge in [0.15, 0.2) is 11.5 Å². The first-order valence-corrected chi connectivity index (χ1v) is 6.66. The fourth-order valence-electron chi connectivity index (χ4n) is 3.84. The second-order valence-corrected chi connectivity index (χ2v) is 5.66. The van der Waals surface area contributed by atoms with E-state index in [-0.39, 0.29) is 46.9 Å². The van der Waals surface area contributed by atoms with Crippen molar-refractivity contribution in [2.75, 3.05) is 4.90 Å². The number of para-hydroxylation sites is 1. The summed E-state index contributed by atoms with van der Waals surface area (Å²) >= 11 is 0. The molecule has 2 fully saturated rings. The van der Waals surface area contributed by atoms with Crippen LogP contribution in [0.2, 0.25) is 0 Å². The maximum atomic E-state index is 12.5. The molecule has 2 amide bonds. The number of carbonyl (C=O) groups is 2. The zero-order chi connectivity index (χ0) is 14.0. The zero-order valence-electron chi connectivity index (χ0n) is 10.6. The van der Waals surface area contributed by atoms with Crippen LogP contribution in [0.15, 0.2) is 30.4 Å². The molecule has 0 radical (unpaired) electrons. The lowest BCUT2D eigenvalue weighted by molar-refractivity contribution is -0.123. The van der Waals surface area contributed by atoms with Gasteiger partial charge in [0.2, 0.25) is 11.8 Å². The smallest absolute Gasteiger partial charge is 0.238 e. The summed E-state index contributed by atoms with van der Waals surface area (Å²) in [4.78, 5) is 26.1. The molecule has 1 saturated heterocycles. The number of anilines is 1. The van der Waals surface area contributed by atoms with Crippen LogP contribution in [-0.2, 0) is 9.59 Å². The SMILES string of the molecule is O=C1C2C3C=CC(C3)C2C(=O)N1c1cccc(O)c1O. The van der Waals surface area contributed by atoms with Crippen LogP contribution in [0.5, 0.6) is 11.5 Å². The predicted octanol–water partition coefficient (Wildman–Crippen LogP) is 1.41. The van der Waals surface area contributed by atoms with Crippen molar-refractivity contribution in [3.05, 3.63) is 30.4 Å². The minimum atomic E-state index is -0.422. The molecule has 1 aliphatic heterocycles. The second-order valence-electron chi connectivity index (χ2n) is 5.66. The second kappa shape index (κ2) is 3.62. The van der Waals surface area contributed by atoms with Gasteiger partial charge in [0.25, 0.3) is 0 Å². The van der Waals surface area contributed by atoms with Gasteiger partial charge < -0.3 is 10.2 Å². The largest absolute Gasteiger partial charge is 0.504 e. The Morgan fingerprint density at radius 2 is 1.60 bits per heavy atom. The highest BCUT2D eigenvalue weighted by molar-refractivity contribution is 6.23. The molecule has 20 heavy (non-hydrogen) atoms. The number of phenols is 2. The minimum Gasteiger partial charge on any atom is -0.504 e. The minimum absolute atomic E-state index is 0.0776. The van der Waals surface area contributed by atoms with E-state index in [1.807, 2.05) is 12.2 Å². The number of fused-ring (bicyclic) bond motifs is 5. The van der Waals surface area contributed by atoms with Crippen LogP contribution in [0.1, 0.15) is 6.42 Å². The molecule has 0 aromatic heterocycles. The topological polar surface area (TPSA) is 77.8 Å². The van der Waals surface area contributed by atoms with Crippen LogP contribution in [0.25, 0.3) is 0 Å². The summed E-state index contributed by atoms with van der Waals surface area (Å²) < 4.78 is 0. The average molecular weight is 271 g/mol. The number of rotatable bonds is 1. The normalized spacial score (nSPS) is 34.1. The molecule has 1 saturated carbocycles. The third-order valence-electron chi connectivity index (χ3n) is 4.70. The standard InChI is InChI=1S/C15H13NO4/c17-10-3-1-2-9(13(10)18)16-14(19)11-7-4-5-8(6-7)12(11)15(16)20/h1-5,7-8,11-12,17-18H,6H2. The molecule has 2 aliphatic carbocycles. The molecule has 2 N–H and O–H groups in total. The van der Waals surface area contributed by atoms with E-state index in [4.69, 9.17) is 0 Å². The Balaban J connectivity index is 1.80. The van der Waals surface area contributed by atoms with Crippen molar-refractivity contribution in [2.24, 2.45) is 23.7 Å². The van der Waals surface area contributed by atoms with E-state index < -0.39 is 5.75 Å². The van der Waals surface area contributed by atoms with Crippen LogP contribution in [0.3, 0.4) is 0 Å². The molecule has 5 nitrogen and oxygen atoms in total. The molecule has 1 aromatic carbocycles. The van der Waals surface area contributed by atoms with E-state index in [0.717, 1.165) is 11.3 Å². The Bertz CT molecular complexity index is 636. The van der Waals surface area contributed by atoms with Crippen molar-refractivity contribution < 1.29 is 19.8 Å². The first-order valence-electron chi connectivity index (χ1n) is 6.66. The molecule has 0 spiro atoms. The Kier molecular flexibility index (Phi) is 2.09. The quantitative estimate of drug-likeness (QED) is 0.460. The number of carbonyl (C=O) groups excluding carboxylic acids is 2. The number of imide groups is 1. The number of hydrogen-bond donors (Lipinski definition) is 2. The van der Waals surface area contributed by atoms with E-state index in [9.17, 15) is 19.8 Å². The Morgan fingerprint density at radius 1 is 1.00 bits per heavy atom. The summed E-state index contributed by atoms with van der Waals surface area (Å²) in [5, 5.41) is 19.4. The van der Waals surface area contributed by atoms with Gasteiger partial charge >= 0.3 is 0 Å². The third-order valence-corrected chi connectivity index (χ3v) is 4.70. The number of amides is 2. The van der Waals surface area contributed by atoms with Gasteiger partial charge in [-0.15, -0.1) is 0 Å². The van der Waals surface area contributed by atoms with Gasteiger partial charge in [-0.3, -0.25) is 9.59 Å². The molecule has 102 valence electrons. The Labute approximate surface area is 115 Å². The molecule has 1 heterocycles. The van der Waals surface area contributed by atoms with Crippen molar-refractivity contribution in [3.8, 4) is 11.5 Å². The third kappa shape index (κ3) is 1.22. The molecule has 4 rings (SSSR count). The Hall–Kier alpha value is -2.30. The van der Waals surface area contributed by atoms with E-state index in [1.54, 1.807) is 0 Å². The van der Waals surface area contributed by atoms with Crippen LogP contribution >= 0.6 is 0 Å². The summed E-state index contributed by atoms with van der Waals surface area (Å²) in [5.74, 6) is -1.64. The monoisotopic (exact) mass is 271 g/mol. The molecule has 5 heteroatoms. The van der Waals surface area contributed by atoms with Crippen molar-refractivity contribution in [2.45, 2.75) is 6.42 Å². The maximum Gasteiger partial charge on any atom is 0.238 e. The van der Waals surface area contributed by atoms with Gasteiger partial charge in [-0.05, 0) is 30.4 Å². The lowest BCUT2D eigenvalue weighted by atomic mass is 9.85. The van der Waals surface area contributed by atoms with Crippen LogP contribution in [0.4, 0.5) is 5.69 Å². The van der Waals surface area contributed by atoms with E-state index >= 15 is 0 Å². The lowest BCUT2D eigenvalue weighted by Gasteiger charge is -2.18. The Morgan fingerprint density at radius 3 is 2.20 bits per heavy atom. The molecule has 2 bridgehead atoms. The molecular formula is C15H13NO4. The van der Waals surface area contributed by atoms with Crippen molar-refractivity contribution >= 4 is 17.5 Å². The highest BCUT2D eigenvalue weighted by Gasteiger charge is 2.59. The highest BCUT2D eigenvalue weighted by atomic mass is 16.3. The number of benzene rings is 1. The summed E-state index contributed by atoms with van der Waals surface area (Å²) in [6.45, 7) is 0. The summed E-state index contributed by atoms with van der Waals surface area (Å²) in [5.41, 5.74) is 0.0776. The van der Waals surface area contributed by atoms with Gasteiger partial charge in [0.1, 0.15) is 0 Å². The van der Waals surface area contributed by atoms with Crippen molar-refractivity contribution in [1.82, 2.24) is 0 Å². The first kappa shape index (κ1) is 11.5. The molecule has 4 unspecified atom stereocenters. The van der Waals surface area contributed by atoms with E-state index in [1.165, 1.54) is 18.2 Å². The fourth-order valence-corrected chi connectivity index (χ4v) is 3.84. The van der Waals surface area contributed by atoms with Crippen LogP contribution in [-0.4, -0.2) is 22.0 Å². The summed E-state index contributed by atoms with van der Waals surface area (Å²) in [6, 6.07) is 4.29. The average Bonchev–Trinajstić information content (AvgIpc) is 3.09. The number of hydrogen-bond acceptors (Lipinski definition) is 4. The number of aromatic hydroxyl groups is 2. The molecule has 3 aliphatic rings. The highest BCUT2D eigenvalue weighted by Crippen LogP contribution is 2.54. The van der Waals surface area contributed by atoms with Crippen molar-refractivity contribution in [3.63, 3.8) is 0 Å². The van der Waals surface area contributed by atoms with Gasteiger partial charge in [0.05, 0.1) is 17.5 Å².